The first-order valence-electron chi connectivity index (χ1n) is 6.25. The minimum absolute atomic E-state index is 0.0159. The Morgan fingerprint density at radius 1 is 1.24 bits per heavy atom. The summed E-state index contributed by atoms with van der Waals surface area (Å²) in [5, 5.41) is 13.8. The third-order valence-electron chi connectivity index (χ3n) is 2.43. The molecule has 21 heavy (non-hydrogen) atoms. The lowest BCUT2D eigenvalue weighted by molar-refractivity contribution is -0.0374. The summed E-state index contributed by atoms with van der Waals surface area (Å²) in [5.74, 6) is -2.77. The van der Waals surface area contributed by atoms with E-state index in [0.29, 0.717) is 6.54 Å². The molecule has 0 fully saturated rings. The van der Waals surface area contributed by atoms with Crippen LogP contribution in [0.3, 0.4) is 0 Å². The molecule has 10 heteroatoms. The number of aliphatic hydroxyl groups excluding tert-OH is 1. The van der Waals surface area contributed by atoms with Crippen LogP contribution >= 0.6 is 0 Å². The largest absolute Gasteiger partial charge is 0.390 e. The minimum atomic E-state index is -3.25. The Balaban J connectivity index is 2.24. The maximum atomic E-state index is 13.0. The number of halogens is 2. The number of aromatic nitrogens is 5. The highest BCUT2D eigenvalue weighted by Crippen LogP contribution is 2.14. The summed E-state index contributed by atoms with van der Waals surface area (Å²) in [4.78, 5) is 16.0. The molecule has 0 bridgehead atoms. The summed E-state index contributed by atoms with van der Waals surface area (Å²) < 4.78 is 27.6. The Morgan fingerprint density at radius 2 is 1.95 bits per heavy atom. The van der Waals surface area contributed by atoms with Gasteiger partial charge in [0.25, 0.3) is 5.92 Å². The number of aliphatic hydroxyl groups is 1. The van der Waals surface area contributed by atoms with Crippen molar-refractivity contribution in [2.75, 3.05) is 30.3 Å². The molecule has 8 nitrogen and oxygen atoms in total. The molecule has 2 aromatic rings. The number of anilines is 2. The summed E-state index contributed by atoms with van der Waals surface area (Å²) in [6.45, 7) is 0.398. The lowest BCUT2D eigenvalue weighted by Gasteiger charge is -2.14. The molecule has 0 spiro atoms. The van der Waals surface area contributed by atoms with Crippen LogP contribution in [0.15, 0.2) is 18.7 Å². The van der Waals surface area contributed by atoms with Gasteiger partial charge in [-0.05, 0) is 6.92 Å². The Labute approximate surface area is 119 Å². The minimum Gasteiger partial charge on any atom is -0.390 e. The molecular formula is C11H15F2N7O. The van der Waals surface area contributed by atoms with E-state index in [1.54, 1.807) is 12.4 Å². The van der Waals surface area contributed by atoms with E-state index >= 15 is 0 Å². The second kappa shape index (κ2) is 6.39. The quantitative estimate of drug-likeness (QED) is 0.685. The van der Waals surface area contributed by atoms with Crippen molar-refractivity contribution in [2.45, 2.75) is 12.8 Å². The van der Waals surface area contributed by atoms with E-state index < -0.39 is 19.1 Å². The van der Waals surface area contributed by atoms with Crippen molar-refractivity contribution in [3.63, 3.8) is 0 Å². The predicted molar refractivity (Wildman–Crippen MR) is 71.6 cm³/mol. The van der Waals surface area contributed by atoms with Crippen molar-refractivity contribution >= 4 is 11.9 Å². The van der Waals surface area contributed by atoms with Crippen LogP contribution in [0.4, 0.5) is 20.7 Å². The monoisotopic (exact) mass is 299 g/mol. The number of nitrogens with zero attached hydrogens (tertiary/aromatic N) is 5. The van der Waals surface area contributed by atoms with Crippen LogP contribution in [-0.4, -0.2) is 55.2 Å². The smallest absolute Gasteiger partial charge is 0.287 e. The summed E-state index contributed by atoms with van der Waals surface area (Å²) in [5.41, 5.74) is 0. The molecule has 0 aromatic carbocycles. The van der Waals surface area contributed by atoms with Crippen molar-refractivity contribution in [1.29, 1.82) is 0 Å². The van der Waals surface area contributed by atoms with Gasteiger partial charge in [-0.3, -0.25) is 4.57 Å². The highest BCUT2D eigenvalue weighted by atomic mass is 19.3. The zero-order valence-electron chi connectivity index (χ0n) is 11.3. The molecule has 0 aliphatic heterocycles. The average molecular weight is 299 g/mol. The van der Waals surface area contributed by atoms with Crippen molar-refractivity contribution in [1.82, 2.24) is 24.5 Å². The van der Waals surface area contributed by atoms with E-state index in [1.165, 1.54) is 10.9 Å². The van der Waals surface area contributed by atoms with E-state index in [-0.39, 0.29) is 17.8 Å². The van der Waals surface area contributed by atoms with E-state index in [4.69, 9.17) is 5.11 Å². The van der Waals surface area contributed by atoms with Crippen LogP contribution in [0.25, 0.3) is 5.95 Å². The van der Waals surface area contributed by atoms with Gasteiger partial charge in [0.15, 0.2) is 0 Å². The fraction of sp³-hybridized carbons (Fsp3) is 0.455. The fourth-order valence-corrected chi connectivity index (χ4v) is 1.44. The standard InChI is InChI=1S/C11H15F2N7O/c1-2-15-8-17-9(16-5-11(12,13)6-21)19-10(18-8)20-4-3-14-7-20/h3-4,7,21H,2,5-6H2,1H3,(H2,15,16,17,18,19). The Bertz CT molecular complexity index is 576. The van der Waals surface area contributed by atoms with Gasteiger partial charge in [-0.2, -0.15) is 15.0 Å². The predicted octanol–water partition coefficient (Wildman–Crippen LogP) is 0.529. The van der Waals surface area contributed by atoms with E-state index in [1.807, 2.05) is 6.92 Å². The van der Waals surface area contributed by atoms with Gasteiger partial charge in [-0.25, -0.2) is 13.8 Å². The third-order valence-corrected chi connectivity index (χ3v) is 2.43. The van der Waals surface area contributed by atoms with Gasteiger partial charge >= 0.3 is 0 Å². The summed E-state index contributed by atoms with van der Waals surface area (Å²) in [6.07, 6.45) is 4.65. The Morgan fingerprint density at radius 3 is 2.52 bits per heavy atom. The van der Waals surface area contributed by atoms with Crippen LogP contribution in [0.5, 0.6) is 0 Å². The molecule has 0 saturated carbocycles. The second-order valence-electron chi connectivity index (χ2n) is 4.15. The summed E-state index contributed by atoms with van der Waals surface area (Å²) >= 11 is 0. The molecule has 0 atom stereocenters. The SMILES string of the molecule is CCNc1nc(NCC(F)(F)CO)nc(-n2ccnc2)n1. The molecule has 0 aliphatic carbocycles. The molecule has 2 heterocycles. The molecule has 0 aliphatic rings. The molecule has 0 radical (unpaired) electrons. The van der Waals surface area contributed by atoms with Crippen molar-refractivity contribution < 1.29 is 13.9 Å². The Kier molecular flexibility index (Phi) is 4.58. The summed E-state index contributed by atoms with van der Waals surface area (Å²) in [7, 11) is 0. The molecule has 2 aromatic heterocycles. The molecule has 2 rings (SSSR count). The van der Waals surface area contributed by atoms with Gasteiger partial charge in [-0.15, -0.1) is 0 Å². The number of imidazole rings is 1. The van der Waals surface area contributed by atoms with E-state index in [9.17, 15) is 8.78 Å². The lowest BCUT2D eigenvalue weighted by Crippen LogP contribution is -2.31. The molecule has 3 N–H and O–H groups in total. The molecule has 0 amide bonds. The number of hydrogen-bond acceptors (Lipinski definition) is 7. The van der Waals surface area contributed by atoms with Crippen LogP contribution in [-0.2, 0) is 0 Å². The first-order chi connectivity index (χ1) is 10.0. The molecule has 114 valence electrons. The highest BCUT2D eigenvalue weighted by molar-refractivity contribution is 5.38. The first-order valence-corrected chi connectivity index (χ1v) is 6.25. The zero-order valence-corrected chi connectivity index (χ0v) is 11.3. The van der Waals surface area contributed by atoms with E-state index in [2.05, 4.69) is 30.6 Å². The summed E-state index contributed by atoms with van der Waals surface area (Å²) in [6, 6.07) is 0. The van der Waals surface area contributed by atoms with Gasteiger partial charge < -0.3 is 15.7 Å². The van der Waals surface area contributed by atoms with Gasteiger partial charge in [0.2, 0.25) is 17.8 Å². The van der Waals surface area contributed by atoms with Crippen molar-refractivity contribution in [3.8, 4) is 5.95 Å². The van der Waals surface area contributed by atoms with Crippen LogP contribution in [0.2, 0.25) is 0 Å². The van der Waals surface area contributed by atoms with Gasteiger partial charge in [0.1, 0.15) is 12.9 Å². The number of rotatable bonds is 7. The van der Waals surface area contributed by atoms with E-state index in [0.717, 1.165) is 0 Å². The van der Waals surface area contributed by atoms with Crippen LogP contribution < -0.4 is 10.6 Å². The van der Waals surface area contributed by atoms with Gasteiger partial charge in [-0.1, -0.05) is 0 Å². The second-order valence-corrected chi connectivity index (χ2v) is 4.15. The van der Waals surface area contributed by atoms with Crippen molar-refractivity contribution in [2.24, 2.45) is 0 Å². The Hall–Kier alpha value is -2.36. The zero-order chi connectivity index (χ0) is 15.3. The number of alkyl halides is 2. The normalized spacial score (nSPS) is 11.4. The topological polar surface area (TPSA) is 101 Å². The molecular weight excluding hydrogens is 284 g/mol. The first kappa shape index (κ1) is 15.0. The van der Waals surface area contributed by atoms with Crippen LogP contribution in [0.1, 0.15) is 6.92 Å². The molecule has 0 saturated heterocycles. The van der Waals surface area contributed by atoms with Gasteiger partial charge in [0.05, 0.1) is 6.54 Å². The highest BCUT2D eigenvalue weighted by Gasteiger charge is 2.27. The fourth-order valence-electron chi connectivity index (χ4n) is 1.44. The number of hydrogen-bond donors (Lipinski definition) is 3. The number of nitrogens with one attached hydrogen (secondary N) is 2. The lowest BCUT2D eigenvalue weighted by atomic mass is 10.3. The molecule has 0 unspecified atom stereocenters. The maximum Gasteiger partial charge on any atom is 0.287 e. The van der Waals surface area contributed by atoms with Gasteiger partial charge in [0, 0.05) is 18.9 Å². The third kappa shape index (κ3) is 4.05. The van der Waals surface area contributed by atoms with Crippen molar-refractivity contribution in [3.05, 3.63) is 18.7 Å². The average Bonchev–Trinajstić information content (AvgIpc) is 3.00. The maximum absolute atomic E-state index is 13.0. The van der Waals surface area contributed by atoms with Crippen LogP contribution in [0, 0.1) is 0 Å².